The highest BCUT2D eigenvalue weighted by atomic mass is 16.2. The van der Waals surface area contributed by atoms with Crippen molar-refractivity contribution in [1.82, 2.24) is 14.7 Å². The van der Waals surface area contributed by atoms with Crippen LogP contribution in [0.5, 0.6) is 0 Å². The van der Waals surface area contributed by atoms with E-state index in [0.717, 1.165) is 43.9 Å². The molecule has 19 heavy (non-hydrogen) atoms. The summed E-state index contributed by atoms with van der Waals surface area (Å²) in [5.74, 6) is 0.869. The molecule has 0 bridgehead atoms. The van der Waals surface area contributed by atoms with Crippen molar-refractivity contribution in [1.29, 1.82) is 0 Å². The average Bonchev–Trinajstić information content (AvgIpc) is 3.01. The van der Waals surface area contributed by atoms with Crippen LogP contribution in [0.3, 0.4) is 0 Å². The number of hydrogen-bond donors (Lipinski definition) is 2. The molecule has 1 saturated heterocycles. The highest BCUT2D eigenvalue weighted by molar-refractivity contribution is 5.85. The van der Waals surface area contributed by atoms with Crippen LogP contribution >= 0.6 is 0 Å². The number of carbonyl (C=O) groups is 1. The molecule has 6 nitrogen and oxygen atoms in total. The molecule has 106 valence electrons. The number of rotatable bonds is 4. The van der Waals surface area contributed by atoms with Crippen LogP contribution in [0.25, 0.3) is 0 Å². The lowest BCUT2D eigenvalue weighted by molar-refractivity contribution is -0.130. The quantitative estimate of drug-likeness (QED) is 0.851. The van der Waals surface area contributed by atoms with Gasteiger partial charge in [-0.1, -0.05) is 6.92 Å². The van der Waals surface area contributed by atoms with E-state index in [1.165, 1.54) is 0 Å². The third kappa shape index (κ3) is 2.67. The van der Waals surface area contributed by atoms with Crippen LogP contribution in [0.1, 0.15) is 32.4 Å². The summed E-state index contributed by atoms with van der Waals surface area (Å²) in [5.41, 5.74) is 7.56. The predicted octanol–water partition coefficient (Wildman–Crippen LogP) is 0.987. The maximum absolute atomic E-state index is 12.2. The van der Waals surface area contributed by atoms with Crippen molar-refractivity contribution in [2.24, 2.45) is 7.05 Å². The number of nitrogens with two attached hydrogens (primary N) is 1. The lowest BCUT2D eigenvalue weighted by Crippen LogP contribution is -2.40. The maximum atomic E-state index is 12.2. The van der Waals surface area contributed by atoms with Crippen molar-refractivity contribution in [3.63, 3.8) is 0 Å². The van der Waals surface area contributed by atoms with Gasteiger partial charge in [0, 0.05) is 20.1 Å². The van der Waals surface area contributed by atoms with Gasteiger partial charge in [0.05, 0.1) is 11.4 Å². The van der Waals surface area contributed by atoms with Crippen LogP contribution in [-0.2, 0) is 18.3 Å². The van der Waals surface area contributed by atoms with Gasteiger partial charge >= 0.3 is 0 Å². The number of amides is 1. The highest BCUT2D eigenvalue weighted by Gasteiger charge is 2.24. The Kier molecular flexibility index (Phi) is 3.97. The van der Waals surface area contributed by atoms with Gasteiger partial charge in [-0.25, -0.2) is 0 Å². The Morgan fingerprint density at radius 2 is 2.11 bits per heavy atom. The summed E-state index contributed by atoms with van der Waals surface area (Å²) in [6, 6.07) is -0.277. The average molecular weight is 265 g/mol. The van der Waals surface area contributed by atoms with Gasteiger partial charge in [-0.05, 0) is 26.2 Å². The van der Waals surface area contributed by atoms with E-state index in [-0.39, 0.29) is 11.9 Å². The Morgan fingerprint density at radius 3 is 2.63 bits per heavy atom. The molecule has 0 spiro atoms. The fourth-order valence-electron chi connectivity index (χ4n) is 2.51. The first-order valence-corrected chi connectivity index (χ1v) is 6.91. The molecule has 1 amide bonds. The zero-order valence-electron chi connectivity index (χ0n) is 11.9. The van der Waals surface area contributed by atoms with Gasteiger partial charge in [-0.3, -0.25) is 9.48 Å². The van der Waals surface area contributed by atoms with Crippen molar-refractivity contribution in [2.45, 2.75) is 39.2 Å². The van der Waals surface area contributed by atoms with E-state index in [0.29, 0.717) is 5.69 Å². The minimum Gasteiger partial charge on any atom is -0.394 e. The van der Waals surface area contributed by atoms with Gasteiger partial charge in [-0.15, -0.1) is 0 Å². The van der Waals surface area contributed by atoms with E-state index in [9.17, 15) is 4.79 Å². The Balaban J connectivity index is 2.07. The van der Waals surface area contributed by atoms with Crippen LogP contribution in [-0.4, -0.2) is 39.7 Å². The standard InChI is InChI=1S/C13H23N5O/c1-4-10-11(14)12(17(3)16-10)15-9(2)13(19)18-7-5-6-8-18/h9,15H,4-8,14H2,1-3H3. The molecule has 1 aliphatic rings. The van der Waals surface area contributed by atoms with Crippen molar-refractivity contribution < 1.29 is 4.79 Å². The Morgan fingerprint density at radius 1 is 1.47 bits per heavy atom. The summed E-state index contributed by atoms with van der Waals surface area (Å²) in [4.78, 5) is 14.1. The number of hydrogen-bond acceptors (Lipinski definition) is 4. The first-order chi connectivity index (χ1) is 9.04. The number of aryl methyl sites for hydroxylation is 2. The molecular formula is C13H23N5O. The Hall–Kier alpha value is -1.72. The number of nitrogen functional groups attached to an aromatic ring is 1. The summed E-state index contributed by atoms with van der Waals surface area (Å²) in [7, 11) is 1.84. The molecule has 0 aromatic carbocycles. The van der Waals surface area contributed by atoms with Crippen molar-refractivity contribution >= 4 is 17.4 Å². The SMILES string of the molecule is CCc1nn(C)c(NC(C)C(=O)N2CCCC2)c1N. The molecule has 1 unspecified atom stereocenters. The zero-order chi connectivity index (χ0) is 14.0. The molecular weight excluding hydrogens is 242 g/mol. The largest absolute Gasteiger partial charge is 0.394 e. The minimum atomic E-state index is -0.277. The Labute approximate surface area is 113 Å². The number of carbonyl (C=O) groups excluding carboxylic acids is 1. The second-order valence-electron chi connectivity index (χ2n) is 5.08. The van der Waals surface area contributed by atoms with Gasteiger partial charge in [0.25, 0.3) is 0 Å². The van der Waals surface area contributed by atoms with Crippen LogP contribution in [0.2, 0.25) is 0 Å². The van der Waals surface area contributed by atoms with Crippen LogP contribution in [0.15, 0.2) is 0 Å². The lowest BCUT2D eigenvalue weighted by Gasteiger charge is -2.22. The first kappa shape index (κ1) is 13.7. The van der Waals surface area contributed by atoms with E-state index >= 15 is 0 Å². The molecule has 1 aromatic heterocycles. The topological polar surface area (TPSA) is 76.2 Å². The van der Waals surface area contributed by atoms with Crippen LogP contribution < -0.4 is 11.1 Å². The highest BCUT2D eigenvalue weighted by Crippen LogP contribution is 2.23. The Bertz CT molecular complexity index is 462. The third-order valence-corrected chi connectivity index (χ3v) is 3.64. The molecule has 1 fully saturated rings. The van der Waals surface area contributed by atoms with Gasteiger partial charge in [0.15, 0.2) is 0 Å². The number of anilines is 2. The van der Waals surface area contributed by atoms with Crippen molar-refractivity contribution in [3.8, 4) is 0 Å². The number of nitrogens with zero attached hydrogens (tertiary/aromatic N) is 3. The lowest BCUT2D eigenvalue weighted by atomic mass is 10.2. The van der Waals surface area contributed by atoms with E-state index in [4.69, 9.17) is 5.73 Å². The molecule has 3 N–H and O–H groups in total. The van der Waals surface area contributed by atoms with Crippen molar-refractivity contribution in [2.75, 3.05) is 24.1 Å². The van der Waals surface area contributed by atoms with Crippen LogP contribution in [0.4, 0.5) is 11.5 Å². The number of likely N-dealkylation sites (tertiary alicyclic amines) is 1. The summed E-state index contributed by atoms with van der Waals surface area (Å²) in [5, 5.41) is 7.54. The monoisotopic (exact) mass is 265 g/mol. The minimum absolute atomic E-state index is 0.135. The smallest absolute Gasteiger partial charge is 0.244 e. The fourth-order valence-corrected chi connectivity index (χ4v) is 2.51. The van der Waals surface area contributed by atoms with Crippen LogP contribution in [0, 0.1) is 0 Å². The van der Waals surface area contributed by atoms with Gasteiger partial charge in [0.1, 0.15) is 11.9 Å². The second-order valence-corrected chi connectivity index (χ2v) is 5.08. The molecule has 1 atom stereocenters. The van der Waals surface area contributed by atoms with E-state index in [2.05, 4.69) is 10.4 Å². The molecule has 6 heteroatoms. The fraction of sp³-hybridized carbons (Fsp3) is 0.692. The summed E-state index contributed by atoms with van der Waals surface area (Å²) >= 11 is 0. The normalized spacial score (nSPS) is 16.7. The third-order valence-electron chi connectivity index (χ3n) is 3.64. The van der Waals surface area contributed by atoms with Crippen molar-refractivity contribution in [3.05, 3.63) is 5.69 Å². The zero-order valence-corrected chi connectivity index (χ0v) is 11.9. The first-order valence-electron chi connectivity index (χ1n) is 6.91. The van der Waals surface area contributed by atoms with E-state index < -0.39 is 0 Å². The molecule has 1 aromatic rings. The second kappa shape index (κ2) is 5.50. The molecule has 1 aliphatic heterocycles. The molecule has 0 saturated carbocycles. The summed E-state index contributed by atoms with van der Waals surface area (Å²) in [6.45, 7) is 5.62. The molecule has 2 rings (SSSR count). The molecule has 2 heterocycles. The van der Waals surface area contributed by atoms with E-state index in [1.54, 1.807) is 4.68 Å². The number of aromatic nitrogens is 2. The maximum Gasteiger partial charge on any atom is 0.244 e. The summed E-state index contributed by atoms with van der Waals surface area (Å²) in [6.07, 6.45) is 2.99. The molecule has 0 aliphatic carbocycles. The van der Waals surface area contributed by atoms with E-state index in [1.807, 2.05) is 25.8 Å². The van der Waals surface area contributed by atoms with Gasteiger partial charge in [-0.2, -0.15) is 5.10 Å². The number of nitrogens with one attached hydrogen (secondary N) is 1. The van der Waals surface area contributed by atoms with Gasteiger partial charge < -0.3 is 16.0 Å². The molecule has 0 radical (unpaired) electrons. The predicted molar refractivity (Wildman–Crippen MR) is 75.9 cm³/mol. The van der Waals surface area contributed by atoms with Gasteiger partial charge in [0.2, 0.25) is 5.91 Å². The summed E-state index contributed by atoms with van der Waals surface area (Å²) < 4.78 is 1.71.